The SMILES string of the molecule is O=C(O)C[C@](Cc1ccccc1)(NC(=O)O)C(=O)O. The molecule has 7 heteroatoms. The lowest BCUT2D eigenvalue weighted by molar-refractivity contribution is -0.151. The molecule has 0 spiro atoms. The molecular formula is C12H13NO6. The number of aliphatic carboxylic acids is 2. The molecule has 102 valence electrons. The van der Waals surface area contributed by atoms with Crippen molar-refractivity contribution in [2.75, 3.05) is 0 Å². The molecule has 0 fully saturated rings. The number of hydrogen-bond donors (Lipinski definition) is 4. The lowest BCUT2D eigenvalue weighted by Crippen LogP contribution is -2.57. The van der Waals surface area contributed by atoms with Gasteiger partial charge in [0.2, 0.25) is 0 Å². The standard InChI is InChI=1S/C12H13NO6/c14-9(15)7-12(10(16)17,13-11(18)19)6-8-4-2-1-3-5-8/h1-5,13H,6-7H2,(H,14,15)(H,16,17)(H,18,19)/t12-/m0/s1. The van der Waals surface area contributed by atoms with Gasteiger partial charge in [0.1, 0.15) is 0 Å². The lowest BCUT2D eigenvalue weighted by Gasteiger charge is -2.27. The predicted octanol–water partition coefficient (Wildman–Crippen LogP) is 0.795. The van der Waals surface area contributed by atoms with Crippen LogP contribution in [0.15, 0.2) is 30.3 Å². The normalized spacial score (nSPS) is 13.3. The Morgan fingerprint density at radius 2 is 1.63 bits per heavy atom. The van der Waals surface area contributed by atoms with Crippen LogP contribution in [0, 0.1) is 0 Å². The van der Waals surface area contributed by atoms with Crippen LogP contribution in [0.5, 0.6) is 0 Å². The van der Waals surface area contributed by atoms with Crippen LogP contribution >= 0.6 is 0 Å². The Labute approximate surface area is 108 Å². The van der Waals surface area contributed by atoms with Gasteiger partial charge < -0.3 is 20.6 Å². The maximum atomic E-state index is 11.3. The van der Waals surface area contributed by atoms with Crippen molar-refractivity contribution in [3.8, 4) is 0 Å². The molecule has 0 saturated carbocycles. The van der Waals surface area contributed by atoms with Gasteiger partial charge in [-0.2, -0.15) is 0 Å². The maximum absolute atomic E-state index is 11.3. The van der Waals surface area contributed by atoms with Crippen molar-refractivity contribution in [2.24, 2.45) is 0 Å². The molecule has 0 bridgehead atoms. The Hall–Kier alpha value is -2.57. The first-order valence-electron chi connectivity index (χ1n) is 5.36. The molecule has 0 aliphatic carbocycles. The number of carboxylic acids is 2. The van der Waals surface area contributed by atoms with Gasteiger partial charge in [0, 0.05) is 6.42 Å². The van der Waals surface area contributed by atoms with Crippen molar-refractivity contribution < 1.29 is 29.7 Å². The first-order chi connectivity index (χ1) is 8.85. The molecule has 1 rings (SSSR count). The molecule has 19 heavy (non-hydrogen) atoms. The van der Waals surface area contributed by atoms with Crippen molar-refractivity contribution >= 4 is 18.0 Å². The molecule has 0 aliphatic rings. The van der Waals surface area contributed by atoms with E-state index in [1.165, 1.54) is 0 Å². The fourth-order valence-corrected chi connectivity index (χ4v) is 1.76. The van der Waals surface area contributed by atoms with Gasteiger partial charge >= 0.3 is 18.0 Å². The van der Waals surface area contributed by atoms with Crippen LogP contribution in [0.1, 0.15) is 12.0 Å². The quantitative estimate of drug-likeness (QED) is 0.604. The van der Waals surface area contributed by atoms with Crippen molar-refractivity contribution in [3.05, 3.63) is 35.9 Å². The summed E-state index contributed by atoms with van der Waals surface area (Å²) < 4.78 is 0. The Balaban J connectivity index is 3.11. The minimum absolute atomic E-state index is 0.248. The van der Waals surface area contributed by atoms with E-state index in [0.717, 1.165) is 0 Å². The van der Waals surface area contributed by atoms with Gasteiger partial charge in [-0.15, -0.1) is 0 Å². The fourth-order valence-electron chi connectivity index (χ4n) is 1.76. The number of carboxylic acid groups (broad SMARTS) is 3. The van der Waals surface area contributed by atoms with Gasteiger partial charge in [-0.05, 0) is 5.56 Å². The summed E-state index contributed by atoms with van der Waals surface area (Å²) in [6, 6.07) is 8.23. The van der Waals surface area contributed by atoms with Crippen molar-refractivity contribution in [1.29, 1.82) is 0 Å². The minimum atomic E-state index is -2.08. The topological polar surface area (TPSA) is 124 Å². The summed E-state index contributed by atoms with van der Waals surface area (Å²) >= 11 is 0. The zero-order chi connectivity index (χ0) is 14.5. The van der Waals surface area contributed by atoms with Crippen molar-refractivity contribution in [2.45, 2.75) is 18.4 Å². The first-order valence-corrected chi connectivity index (χ1v) is 5.36. The molecule has 0 aromatic heterocycles. The summed E-state index contributed by atoms with van der Waals surface area (Å²) in [5.41, 5.74) is -1.56. The summed E-state index contributed by atoms with van der Waals surface area (Å²) in [7, 11) is 0. The zero-order valence-electron chi connectivity index (χ0n) is 9.87. The van der Waals surface area contributed by atoms with Crippen molar-refractivity contribution in [3.63, 3.8) is 0 Å². The summed E-state index contributed by atoms with van der Waals surface area (Å²) in [6.07, 6.45) is -2.68. The molecule has 0 radical (unpaired) electrons. The Bertz CT molecular complexity index is 468. The highest BCUT2D eigenvalue weighted by Crippen LogP contribution is 2.19. The Morgan fingerprint density at radius 3 is 2.05 bits per heavy atom. The van der Waals surface area contributed by atoms with Crippen LogP contribution in [-0.2, 0) is 16.0 Å². The van der Waals surface area contributed by atoms with E-state index in [0.29, 0.717) is 5.56 Å². The highest BCUT2D eigenvalue weighted by molar-refractivity contribution is 5.89. The van der Waals surface area contributed by atoms with E-state index in [4.69, 9.17) is 10.2 Å². The third-order valence-electron chi connectivity index (χ3n) is 2.56. The Kier molecular flexibility index (Phi) is 4.46. The molecule has 1 aromatic carbocycles. The van der Waals surface area contributed by atoms with Gasteiger partial charge in [-0.3, -0.25) is 4.79 Å². The van der Waals surface area contributed by atoms with E-state index in [1.54, 1.807) is 30.3 Å². The average Bonchev–Trinajstić information content (AvgIpc) is 2.27. The number of benzene rings is 1. The zero-order valence-corrected chi connectivity index (χ0v) is 9.87. The third kappa shape index (κ3) is 3.98. The molecule has 0 saturated heterocycles. The second kappa shape index (κ2) is 5.85. The van der Waals surface area contributed by atoms with Gasteiger partial charge in [-0.25, -0.2) is 9.59 Å². The van der Waals surface area contributed by atoms with E-state index in [2.05, 4.69) is 0 Å². The van der Waals surface area contributed by atoms with Gasteiger partial charge in [0.05, 0.1) is 6.42 Å². The number of nitrogens with one attached hydrogen (secondary N) is 1. The number of amides is 1. The predicted molar refractivity (Wildman–Crippen MR) is 63.9 cm³/mol. The lowest BCUT2D eigenvalue weighted by atomic mass is 9.87. The average molecular weight is 267 g/mol. The number of hydrogen-bond acceptors (Lipinski definition) is 3. The molecule has 0 aliphatic heterocycles. The van der Waals surface area contributed by atoms with Crippen molar-refractivity contribution in [1.82, 2.24) is 5.32 Å². The van der Waals surface area contributed by atoms with Crippen LogP contribution in [0.3, 0.4) is 0 Å². The maximum Gasteiger partial charge on any atom is 0.405 e. The van der Waals surface area contributed by atoms with Gasteiger partial charge in [0.15, 0.2) is 5.54 Å². The monoisotopic (exact) mass is 267 g/mol. The Morgan fingerprint density at radius 1 is 1.05 bits per heavy atom. The molecular weight excluding hydrogens is 254 g/mol. The van der Waals surface area contributed by atoms with Crippen LogP contribution in [0.25, 0.3) is 0 Å². The first kappa shape index (κ1) is 14.5. The summed E-state index contributed by atoms with van der Waals surface area (Å²) in [4.78, 5) is 32.8. The minimum Gasteiger partial charge on any atom is -0.481 e. The highest BCUT2D eigenvalue weighted by atomic mass is 16.4. The van der Waals surface area contributed by atoms with Crippen LogP contribution in [0.4, 0.5) is 4.79 Å². The highest BCUT2D eigenvalue weighted by Gasteiger charge is 2.42. The second-order valence-corrected chi connectivity index (χ2v) is 4.05. The van der Waals surface area contributed by atoms with E-state index in [1.807, 2.05) is 5.32 Å². The summed E-state index contributed by atoms with van der Waals surface area (Å²) in [5.74, 6) is -2.92. The molecule has 1 atom stereocenters. The van der Waals surface area contributed by atoms with Gasteiger partial charge in [0.25, 0.3) is 0 Å². The second-order valence-electron chi connectivity index (χ2n) is 4.05. The molecule has 7 nitrogen and oxygen atoms in total. The summed E-state index contributed by atoms with van der Waals surface area (Å²) in [6.45, 7) is 0. The van der Waals surface area contributed by atoms with Gasteiger partial charge in [-0.1, -0.05) is 30.3 Å². The molecule has 1 amide bonds. The molecule has 4 N–H and O–H groups in total. The van der Waals surface area contributed by atoms with Crippen LogP contribution < -0.4 is 5.32 Å². The van der Waals surface area contributed by atoms with E-state index in [-0.39, 0.29) is 6.42 Å². The van der Waals surface area contributed by atoms with E-state index < -0.39 is 30.0 Å². The largest absolute Gasteiger partial charge is 0.481 e. The van der Waals surface area contributed by atoms with Crippen LogP contribution in [-0.4, -0.2) is 38.9 Å². The summed E-state index contributed by atoms with van der Waals surface area (Å²) in [5, 5.41) is 28.5. The van der Waals surface area contributed by atoms with E-state index in [9.17, 15) is 19.5 Å². The van der Waals surface area contributed by atoms with E-state index >= 15 is 0 Å². The number of carbonyl (C=O) groups is 3. The smallest absolute Gasteiger partial charge is 0.405 e. The number of rotatable bonds is 6. The third-order valence-corrected chi connectivity index (χ3v) is 2.56. The van der Waals surface area contributed by atoms with Crippen LogP contribution in [0.2, 0.25) is 0 Å². The fraction of sp³-hybridized carbons (Fsp3) is 0.250. The molecule has 0 heterocycles. The molecule has 1 aromatic rings. The molecule has 0 unspecified atom stereocenters.